The van der Waals surface area contributed by atoms with Crippen molar-refractivity contribution in [2.24, 2.45) is 10.8 Å². The first-order valence-corrected chi connectivity index (χ1v) is 8.86. The highest BCUT2D eigenvalue weighted by molar-refractivity contribution is 4.75. The van der Waals surface area contributed by atoms with Crippen molar-refractivity contribution >= 4 is 0 Å². The molecule has 0 radical (unpaired) electrons. The van der Waals surface area contributed by atoms with E-state index in [0.29, 0.717) is 16.9 Å². The molecule has 20 heavy (non-hydrogen) atoms. The van der Waals surface area contributed by atoms with Crippen molar-refractivity contribution < 1.29 is 0 Å². The topological polar surface area (TPSA) is 12.0 Å². The summed E-state index contributed by atoms with van der Waals surface area (Å²) in [5.74, 6) is 0. The van der Waals surface area contributed by atoms with Gasteiger partial charge in [0.05, 0.1) is 0 Å². The summed E-state index contributed by atoms with van der Waals surface area (Å²) in [5.41, 5.74) is 0.905. The van der Waals surface area contributed by atoms with Gasteiger partial charge in [0.2, 0.25) is 0 Å². The summed E-state index contributed by atoms with van der Waals surface area (Å²) in [6.45, 7) is 17.4. The molecule has 0 spiro atoms. The van der Waals surface area contributed by atoms with Crippen molar-refractivity contribution in [3.05, 3.63) is 0 Å². The van der Waals surface area contributed by atoms with Gasteiger partial charge in [-0.25, -0.2) is 0 Å². The van der Waals surface area contributed by atoms with Crippen molar-refractivity contribution in [2.75, 3.05) is 6.54 Å². The van der Waals surface area contributed by atoms with Gasteiger partial charge in [0.1, 0.15) is 0 Å². The molecule has 0 aliphatic rings. The van der Waals surface area contributed by atoms with E-state index in [1.165, 1.54) is 57.9 Å². The molecule has 0 aromatic rings. The van der Waals surface area contributed by atoms with E-state index in [1.807, 2.05) is 0 Å². The van der Waals surface area contributed by atoms with Gasteiger partial charge in [-0.15, -0.1) is 0 Å². The van der Waals surface area contributed by atoms with Gasteiger partial charge in [-0.1, -0.05) is 80.1 Å². The van der Waals surface area contributed by atoms with Crippen LogP contribution in [0.25, 0.3) is 0 Å². The lowest BCUT2D eigenvalue weighted by molar-refractivity contribution is 0.285. The molecule has 1 heteroatoms. The van der Waals surface area contributed by atoms with Gasteiger partial charge in [-0.2, -0.15) is 0 Å². The van der Waals surface area contributed by atoms with E-state index in [0.717, 1.165) is 0 Å². The van der Waals surface area contributed by atoms with Gasteiger partial charge in [-0.3, -0.25) is 0 Å². The molecule has 122 valence electrons. The maximum atomic E-state index is 3.65. The van der Waals surface area contributed by atoms with Gasteiger partial charge in [-0.05, 0) is 37.1 Å². The number of nitrogens with one attached hydrogen (secondary N) is 1. The molecule has 0 aromatic carbocycles. The summed E-state index contributed by atoms with van der Waals surface area (Å²) in [6.07, 6.45) is 11.2. The largest absolute Gasteiger partial charge is 0.314 e. The second-order valence-corrected chi connectivity index (χ2v) is 8.83. The first-order chi connectivity index (χ1) is 9.13. The van der Waals surface area contributed by atoms with Crippen LogP contribution in [0, 0.1) is 10.8 Å². The fraction of sp³-hybridized carbons (Fsp3) is 1.00. The van der Waals surface area contributed by atoms with Crippen LogP contribution < -0.4 is 5.32 Å². The molecule has 1 nitrogen and oxygen atoms in total. The van der Waals surface area contributed by atoms with Gasteiger partial charge in [0.25, 0.3) is 0 Å². The Hall–Kier alpha value is -0.0400. The monoisotopic (exact) mass is 283 g/mol. The predicted octanol–water partition coefficient (Wildman–Crippen LogP) is 6.18. The molecule has 0 amide bonds. The van der Waals surface area contributed by atoms with Crippen LogP contribution in [-0.4, -0.2) is 12.6 Å². The minimum atomic E-state index is 0.382. The summed E-state index contributed by atoms with van der Waals surface area (Å²) >= 11 is 0. The molecular weight excluding hydrogens is 242 g/mol. The molecule has 0 rings (SSSR count). The zero-order valence-electron chi connectivity index (χ0n) is 15.4. The summed E-state index contributed by atoms with van der Waals surface area (Å²) in [6, 6.07) is 0.611. The SMILES string of the molecule is CC(NCCCCCCCCCC(C)(C)C)C(C)(C)C. The van der Waals surface area contributed by atoms with Crippen molar-refractivity contribution in [1.82, 2.24) is 5.32 Å². The molecule has 0 aromatic heterocycles. The quantitative estimate of drug-likeness (QED) is 0.472. The fourth-order valence-corrected chi connectivity index (χ4v) is 2.29. The van der Waals surface area contributed by atoms with E-state index < -0.39 is 0 Å². The summed E-state index contributed by atoms with van der Waals surface area (Å²) in [5, 5.41) is 3.65. The summed E-state index contributed by atoms with van der Waals surface area (Å²) in [4.78, 5) is 0. The lowest BCUT2D eigenvalue weighted by atomic mass is 9.88. The van der Waals surface area contributed by atoms with Crippen LogP contribution in [0.5, 0.6) is 0 Å². The van der Waals surface area contributed by atoms with E-state index in [4.69, 9.17) is 0 Å². The fourth-order valence-electron chi connectivity index (χ4n) is 2.29. The Kier molecular flexibility index (Phi) is 9.80. The van der Waals surface area contributed by atoms with Crippen LogP contribution in [0.4, 0.5) is 0 Å². The lowest BCUT2D eigenvalue weighted by Gasteiger charge is -2.28. The van der Waals surface area contributed by atoms with Crippen molar-refractivity contribution in [2.45, 2.75) is 106 Å². The summed E-state index contributed by atoms with van der Waals surface area (Å²) in [7, 11) is 0. The second kappa shape index (κ2) is 9.82. The van der Waals surface area contributed by atoms with Gasteiger partial charge in [0, 0.05) is 6.04 Å². The number of hydrogen-bond acceptors (Lipinski definition) is 1. The van der Waals surface area contributed by atoms with Crippen LogP contribution in [0.15, 0.2) is 0 Å². The average Bonchev–Trinajstić information content (AvgIpc) is 2.28. The molecule has 0 saturated heterocycles. The van der Waals surface area contributed by atoms with E-state index in [9.17, 15) is 0 Å². The standard InChI is InChI=1S/C19H41N/c1-17(19(5,6)7)20-16-14-12-10-8-9-11-13-15-18(2,3)4/h17,20H,8-16H2,1-7H3. The van der Waals surface area contributed by atoms with Gasteiger partial charge in [0.15, 0.2) is 0 Å². The molecule has 0 aliphatic heterocycles. The lowest BCUT2D eigenvalue weighted by Crippen LogP contribution is -2.38. The third kappa shape index (κ3) is 13.0. The van der Waals surface area contributed by atoms with Crippen LogP contribution >= 0.6 is 0 Å². The number of hydrogen-bond donors (Lipinski definition) is 1. The molecule has 0 fully saturated rings. The highest BCUT2D eigenvalue weighted by atomic mass is 14.9. The van der Waals surface area contributed by atoms with Crippen molar-refractivity contribution in [3.8, 4) is 0 Å². The van der Waals surface area contributed by atoms with Crippen LogP contribution in [-0.2, 0) is 0 Å². The Labute approximate surface area is 129 Å². The maximum absolute atomic E-state index is 3.65. The van der Waals surface area contributed by atoms with Crippen LogP contribution in [0.3, 0.4) is 0 Å². The minimum absolute atomic E-state index is 0.382. The van der Waals surface area contributed by atoms with E-state index in [2.05, 4.69) is 53.8 Å². The van der Waals surface area contributed by atoms with Gasteiger partial charge < -0.3 is 5.32 Å². The van der Waals surface area contributed by atoms with E-state index in [-0.39, 0.29) is 0 Å². The molecule has 0 heterocycles. The van der Waals surface area contributed by atoms with Crippen LogP contribution in [0.2, 0.25) is 0 Å². The predicted molar refractivity (Wildman–Crippen MR) is 93.3 cm³/mol. The maximum Gasteiger partial charge on any atom is 0.00872 e. The number of unbranched alkanes of at least 4 members (excludes halogenated alkanes) is 6. The van der Waals surface area contributed by atoms with Crippen LogP contribution in [0.1, 0.15) is 99.8 Å². The van der Waals surface area contributed by atoms with Crippen molar-refractivity contribution in [1.29, 1.82) is 0 Å². The zero-order chi connectivity index (χ0) is 15.6. The third-order valence-electron chi connectivity index (χ3n) is 4.35. The Morgan fingerprint density at radius 1 is 0.700 bits per heavy atom. The molecule has 0 bridgehead atoms. The normalized spacial score (nSPS) is 14.6. The highest BCUT2D eigenvalue weighted by Crippen LogP contribution is 2.22. The Bertz CT molecular complexity index is 219. The van der Waals surface area contributed by atoms with E-state index in [1.54, 1.807) is 0 Å². The van der Waals surface area contributed by atoms with Crippen molar-refractivity contribution in [3.63, 3.8) is 0 Å². The third-order valence-corrected chi connectivity index (χ3v) is 4.35. The van der Waals surface area contributed by atoms with E-state index >= 15 is 0 Å². The molecule has 1 atom stereocenters. The smallest absolute Gasteiger partial charge is 0.00872 e. The molecule has 1 N–H and O–H groups in total. The van der Waals surface area contributed by atoms with Gasteiger partial charge >= 0.3 is 0 Å². The Morgan fingerprint density at radius 2 is 1.15 bits per heavy atom. The molecule has 0 saturated carbocycles. The minimum Gasteiger partial charge on any atom is -0.314 e. The Morgan fingerprint density at radius 3 is 1.60 bits per heavy atom. The Balaban J connectivity index is 3.26. The molecular formula is C19H41N. The zero-order valence-corrected chi connectivity index (χ0v) is 15.4. The average molecular weight is 284 g/mol. The molecule has 0 aliphatic carbocycles. The molecule has 1 unspecified atom stereocenters. The highest BCUT2D eigenvalue weighted by Gasteiger charge is 2.18. The summed E-state index contributed by atoms with van der Waals surface area (Å²) < 4.78 is 0. The second-order valence-electron chi connectivity index (χ2n) is 8.83. The first-order valence-electron chi connectivity index (χ1n) is 8.86. The first kappa shape index (κ1) is 20.0. The number of rotatable bonds is 10.